The first-order valence-corrected chi connectivity index (χ1v) is 7.20. The van der Waals surface area contributed by atoms with Crippen LogP contribution < -0.4 is 5.73 Å². The van der Waals surface area contributed by atoms with Gasteiger partial charge in [-0.25, -0.2) is 4.98 Å². The number of amides is 1. The molecule has 0 saturated heterocycles. The van der Waals surface area contributed by atoms with Crippen molar-refractivity contribution in [2.45, 2.75) is 38.3 Å². The molecule has 2 rings (SSSR count). The fourth-order valence-corrected chi connectivity index (χ4v) is 3.07. The molecule has 1 heterocycles. The molecule has 0 aromatic carbocycles. The predicted molar refractivity (Wildman–Crippen MR) is 70.4 cm³/mol. The van der Waals surface area contributed by atoms with Gasteiger partial charge in [0.1, 0.15) is 10.7 Å². The zero-order valence-corrected chi connectivity index (χ0v) is 11.2. The summed E-state index contributed by atoms with van der Waals surface area (Å²) in [6.07, 6.45) is 4.37. The first kappa shape index (κ1) is 13.5. The smallest absolute Gasteiger partial charge is 0.273 e. The SMILES string of the molecule is NCc1nc(C(=O)N(CCO)C2CCCC2)cs1. The summed E-state index contributed by atoms with van der Waals surface area (Å²) in [5, 5.41) is 11.6. The Kier molecular flexibility index (Phi) is 4.68. The Morgan fingerprint density at radius 3 is 2.83 bits per heavy atom. The molecule has 0 spiro atoms. The largest absolute Gasteiger partial charge is 0.395 e. The number of carbonyl (C=O) groups excluding carboxylic acids is 1. The maximum Gasteiger partial charge on any atom is 0.273 e. The van der Waals surface area contributed by atoms with Gasteiger partial charge in [-0.3, -0.25) is 4.79 Å². The van der Waals surface area contributed by atoms with Crippen LogP contribution >= 0.6 is 11.3 Å². The molecule has 5 nitrogen and oxygen atoms in total. The molecule has 3 N–H and O–H groups in total. The second-order valence-electron chi connectivity index (χ2n) is 4.49. The summed E-state index contributed by atoms with van der Waals surface area (Å²) >= 11 is 1.41. The van der Waals surface area contributed by atoms with Crippen LogP contribution in [-0.4, -0.2) is 40.1 Å². The highest BCUT2D eigenvalue weighted by atomic mass is 32.1. The van der Waals surface area contributed by atoms with Crippen molar-refractivity contribution in [2.24, 2.45) is 5.73 Å². The molecule has 1 aliphatic carbocycles. The molecule has 1 amide bonds. The van der Waals surface area contributed by atoms with Gasteiger partial charge in [0, 0.05) is 24.5 Å². The van der Waals surface area contributed by atoms with Gasteiger partial charge < -0.3 is 15.7 Å². The van der Waals surface area contributed by atoms with Crippen LogP contribution in [0.15, 0.2) is 5.38 Å². The average Bonchev–Trinajstić information content (AvgIpc) is 3.05. The monoisotopic (exact) mass is 269 g/mol. The highest BCUT2D eigenvalue weighted by molar-refractivity contribution is 7.09. The molecule has 0 bridgehead atoms. The van der Waals surface area contributed by atoms with E-state index >= 15 is 0 Å². The van der Waals surface area contributed by atoms with Crippen molar-refractivity contribution in [2.75, 3.05) is 13.2 Å². The Morgan fingerprint density at radius 1 is 1.56 bits per heavy atom. The van der Waals surface area contributed by atoms with Gasteiger partial charge >= 0.3 is 0 Å². The predicted octanol–water partition coefficient (Wildman–Crippen LogP) is 0.979. The van der Waals surface area contributed by atoms with Crippen molar-refractivity contribution in [3.8, 4) is 0 Å². The molecule has 1 fully saturated rings. The maximum absolute atomic E-state index is 12.4. The van der Waals surface area contributed by atoms with E-state index in [0.29, 0.717) is 18.8 Å². The third kappa shape index (κ3) is 2.88. The zero-order valence-electron chi connectivity index (χ0n) is 10.3. The Morgan fingerprint density at radius 2 is 2.28 bits per heavy atom. The molecule has 1 aromatic heterocycles. The van der Waals surface area contributed by atoms with Gasteiger partial charge in [-0.05, 0) is 12.8 Å². The van der Waals surface area contributed by atoms with E-state index in [-0.39, 0.29) is 18.6 Å². The summed E-state index contributed by atoms with van der Waals surface area (Å²) in [4.78, 5) is 18.4. The van der Waals surface area contributed by atoms with E-state index in [4.69, 9.17) is 10.8 Å². The molecule has 0 aliphatic heterocycles. The summed E-state index contributed by atoms with van der Waals surface area (Å²) in [6, 6.07) is 0.257. The lowest BCUT2D eigenvalue weighted by Gasteiger charge is -2.27. The summed E-state index contributed by atoms with van der Waals surface area (Å²) in [5.74, 6) is -0.0769. The van der Waals surface area contributed by atoms with Crippen LogP contribution in [0.25, 0.3) is 0 Å². The third-order valence-corrected chi connectivity index (χ3v) is 4.18. The van der Waals surface area contributed by atoms with Crippen molar-refractivity contribution in [3.63, 3.8) is 0 Å². The molecule has 1 aliphatic rings. The minimum atomic E-state index is -0.0769. The van der Waals surface area contributed by atoms with Crippen LogP contribution in [-0.2, 0) is 6.54 Å². The Bertz CT molecular complexity index is 402. The Hall–Kier alpha value is -0.980. The lowest BCUT2D eigenvalue weighted by Crippen LogP contribution is -2.40. The molecule has 18 heavy (non-hydrogen) atoms. The Balaban J connectivity index is 2.11. The number of nitrogens with two attached hydrogens (primary N) is 1. The van der Waals surface area contributed by atoms with E-state index in [1.165, 1.54) is 11.3 Å². The van der Waals surface area contributed by atoms with Gasteiger partial charge in [-0.1, -0.05) is 12.8 Å². The number of aromatic nitrogens is 1. The summed E-state index contributed by atoms with van der Waals surface area (Å²) in [6.45, 7) is 0.747. The van der Waals surface area contributed by atoms with Crippen LogP contribution in [0, 0.1) is 0 Å². The molecule has 1 saturated carbocycles. The standard InChI is InChI=1S/C12H19N3O2S/c13-7-11-14-10(8-18-11)12(17)15(5-6-16)9-3-1-2-4-9/h8-9,16H,1-7,13H2. The number of thiazole rings is 1. The highest BCUT2D eigenvalue weighted by Gasteiger charge is 2.28. The van der Waals surface area contributed by atoms with Crippen LogP contribution in [0.2, 0.25) is 0 Å². The van der Waals surface area contributed by atoms with E-state index in [1.54, 1.807) is 10.3 Å². The fraction of sp³-hybridized carbons (Fsp3) is 0.667. The molecule has 6 heteroatoms. The first-order valence-electron chi connectivity index (χ1n) is 6.32. The fourth-order valence-electron chi connectivity index (χ4n) is 2.42. The van der Waals surface area contributed by atoms with Gasteiger partial charge in [0.25, 0.3) is 5.91 Å². The van der Waals surface area contributed by atoms with E-state index in [0.717, 1.165) is 30.7 Å². The van der Waals surface area contributed by atoms with Crippen LogP contribution in [0.4, 0.5) is 0 Å². The minimum Gasteiger partial charge on any atom is -0.395 e. The van der Waals surface area contributed by atoms with E-state index in [9.17, 15) is 4.79 Å². The van der Waals surface area contributed by atoms with E-state index in [1.807, 2.05) is 0 Å². The first-order chi connectivity index (χ1) is 8.76. The normalized spacial score (nSPS) is 16.1. The molecular formula is C12H19N3O2S. The number of carbonyl (C=O) groups is 1. The zero-order chi connectivity index (χ0) is 13.0. The second-order valence-corrected chi connectivity index (χ2v) is 5.43. The van der Waals surface area contributed by atoms with Crippen molar-refractivity contribution < 1.29 is 9.90 Å². The third-order valence-electron chi connectivity index (χ3n) is 3.31. The highest BCUT2D eigenvalue weighted by Crippen LogP contribution is 2.25. The van der Waals surface area contributed by atoms with E-state index < -0.39 is 0 Å². The van der Waals surface area contributed by atoms with Crippen molar-refractivity contribution in [1.82, 2.24) is 9.88 Å². The molecular weight excluding hydrogens is 250 g/mol. The molecule has 1 aromatic rings. The van der Waals surface area contributed by atoms with Gasteiger partial charge in [-0.15, -0.1) is 11.3 Å². The minimum absolute atomic E-state index is 0.00385. The number of hydrogen-bond donors (Lipinski definition) is 2. The number of aliphatic hydroxyl groups excluding tert-OH is 1. The lowest BCUT2D eigenvalue weighted by atomic mass is 10.2. The second kappa shape index (κ2) is 6.26. The summed E-state index contributed by atoms with van der Waals surface area (Å²) < 4.78 is 0. The molecule has 0 unspecified atom stereocenters. The van der Waals surface area contributed by atoms with Gasteiger partial charge in [-0.2, -0.15) is 0 Å². The number of rotatable bonds is 5. The van der Waals surface area contributed by atoms with E-state index in [2.05, 4.69) is 4.98 Å². The quantitative estimate of drug-likeness (QED) is 0.835. The molecule has 0 radical (unpaired) electrons. The molecule has 100 valence electrons. The van der Waals surface area contributed by atoms with Crippen LogP contribution in [0.1, 0.15) is 41.2 Å². The topological polar surface area (TPSA) is 79.5 Å². The average molecular weight is 269 g/mol. The van der Waals surface area contributed by atoms with Gasteiger partial charge in [0.15, 0.2) is 0 Å². The van der Waals surface area contributed by atoms with Crippen molar-refractivity contribution in [1.29, 1.82) is 0 Å². The Labute approximate surface area is 111 Å². The number of aliphatic hydroxyl groups is 1. The number of nitrogens with zero attached hydrogens (tertiary/aromatic N) is 2. The van der Waals surface area contributed by atoms with Gasteiger partial charge in [0.2, 0.25) is 0 Å². The molecule has 0 atom stereocenters. The lowest BCUT2D eigenvalue weighted by molar-refractivity contribution is 0.0632. The van der Waals surface area contributed by atoms with Gasteiger partial charge in [0.05, 0.1) is 6.61 Å². The summed E-state index contributed by atoms with van der Waals surface area (Å²) in [5.41, 5.74) is 5.96. The van der Waals surface area contributed by atoms with Crippen molar-refractivity contribution in [3.05, 3.63) is 16.1 Å². The van der Waals surface area contributed by atoms with Crippen LogP contribution in [0.5, 0.6) is 0 Å². The number of hydrogen-bond acceptors (Lipinski definition) is 5. The van der Waals surface area contributed by atoms with Crippen molar-refractivity contribution >= 4 is 17.2 Å². The maximum atomic E-state index is 12.4. The van der Waals surface area contributed by atoms with Crippen LogP contribution in [0.3, 0.4) is 0 Å². The summed E-state index contributed by atoms with van der Waals surface area (Å²) in [7, 11) is 0.